The minimum absolute atomic E-state index is 0.559. The number of hydrogen-bond donors (Lipinski definition) is 1. The molecule has 1 saturated carbocycles. The maximum atomic E-state index is 3.67. The molecule has 24 heavy (non-hydrogen) atoms. The van der Waals surface area contributed by atoms with Gasteiger partial charge in [0.15, 0.2) is 0 Å². The summed E-state index contributed by atoms with van der Waals surface area (Å²) < 4.78 is 0. The smallest absolute Gasteiger partial charge is 0.0399 e. The Hall–Kier alpha value is -2.80. The zero-order valence-electron chi connectivity index (χ0n) is 13.4. The molecule has 3 aromatic rings. The van der Waals surface area contributed by atoms with Crippen LogP contribution < -0.4 is 5.32 Å². The average Bonchev–Trinajstić information content (AvgIpc) is 3.35. The first-order chi connectivity index (χ1) is 11.9. The van der Waals surface area contributed by atoms with E-state index in [0.29, 0.717) is 17.9 Å². The Balaban J connectivity index is 1.42. The van der Waals surface area contributed by atoms with Gasteiger partial charge in [-0.2, -0.15) is 0 Å². The third-order valence-corrected chi connectivity index (χ3v) is 5.23. The van der Waals surface area contributed by atoms with Crippen molar-refractivity contribution in [3.63, 3.8) is 0 Å². The fraction of sp³-hybridized carbons (Fsp3) is 0.130. The molecular weight excluding hydrogens is 290 g/mol. The largest absolute Gasteiger partial charge is 0.381 e. The summed E-state index contributed by atoms with van der Waals surface area (Å²) in [6.07, 6.45) is 8.94. The SMILES string of the molecule is C1=CC2C(C=C1)C2Nc1ccc(-c2cccc3ccccc23)cc1. The molecule has 0 amide bonds. The van der Waals surface area contributed by atoms with E-state index in [-0.39, 0.29) is 0 Å². The van der Waals surface area contributed by atoms with Crippen LogP contribution in [0, 0.1) is 11.8 Å². The molecular formula is C23H19N. The molecule has 2 atom stereocenters. The predicted octanol–water partition coefficient (Wildman–Crippen LogP) is 5.66. The Morgan fingerprint density at radius 2 is 1.38 bits per heavy atom. The molecule has 0 aromatic heterocycles. The fourth-order valence-electron chi connectivity index (χ4n) is 3.85. The summed E-state index contributed by atoms with van der Waals surface area (Å²) >= 11 is 0. The van der Waals surface area contributed by atoms with Gasteiger partial charge in [-0.25, -0.2) is 0 Å². The predicted molar refractivity (Wildman–Crippen MR) is 102 cm³/mol. The minimum atomic E-state index is 0.559. The zero-order valence-corrected chi connectivity index (χ0v) is 13.4. The highest BCUT2D eigenvalue weighted by Crippen LogP contribution is 2.45. The molecule has 1 heteroatoms. The van der Waals surface area contributed by atoms with Crippen molar-refractivity contribution in [1.82, 2.24) is 0 Å². The van der Waals surface area contributed by atoms with Crippen LogP contribution >= 0.6 is 0 Å². The molecule has 1 fully saturated rings. The van der Waals surface area contributed by atoms with Gasteiger partial charge >= 0.3 is 0 Å². The lowest BCUT2D eigenvalue weighted by molar-refractivity contribution is 0.981. The molecule has 3 aromatic carbocycles. The molecule has 0 heterocycles. The van der Waals surface area contributed by atoms with Gasteiger partial charge in [0.25, 0.3) is 0 Å². The molecule has 2 aliphatic rings. The van der Waals surface area contributed by atoms with E-state index >= 15 is 0 Å². The lowest BCUT2D eigenvalue weighted by Crippen LogP contribution is -2.04. The number of hydrogen-bond acceptors (Lipinski definition) is 1. The highest BCUT2D eigenvalue weighted by molar-refractivity contribution is 5.96. The zero-order chi connectivity index (χ0) is 15.9. The van der Waals surface area contributed by atoms with Gasteiger partial charge in [-0.05, 0) is 34.0 Å². The van der Waals surface area contributed by atoms with Crippen LogP contribution in [-0.2, 0) is 0 Å². The van der Waals surface area contributed by atoms with Crippen LogP contribution in [-0.4, -0.2) is 6.04 Å². The first-order valence-electron chi connectivity index (χ1n) is 8.60. The first-order valence-corrected chi connectivity index (χ1v) is 8.60. The summed E-state index contributed by atoms with van der Waals surface area (Å²) in [6, 6.07) is 24.5. The van der Waals surface area contributed by atoms with Crippen LogP contribution in [0.15, 0.2) is 91.0 Å². The van der Waals surface area contributed by atoms with E-state index in [1.807, 2.05) is 0 Å². The van der Waals surface area contributed by atoms with Gasteiger partial charge in [0.05, 0.1) is 0 Å². The van der Waals surface area contributed by atoms with Crippen molar-refractivity contribution in [3.05, 3.63) is 91.0 Å². The monoisotopic (exact) mass is 309 g/mol. The summed E-state index contributed by atoms with van der Waals surface area (Å²) in [5, 5.41) is 6.27. The molecule has 2 aliphatic carbocycles. The van der Waals surface area contributed by atoms with E-state index in [9.17, 15) is 0 Å². The number of allylic oxidation sites excluding steroid dienone is 2. The number of fused-ring (bicyclic) bond motifs is 2. The minimum Gasteiger partial charge on any atom is -0.381 e. The van der Waals surface area contributed by atoms with Gasteiger partial charge in [-0.1, -0.05) is 78.9 Å². The second kappa shape index (κ2) is 5.38. The van der Waals surface area contributed by atoms with E-state index in [1.165, 1.54) is 27.6 Å². The lowest BCUT2D eigenvalue weighted by Gasteiger charge is -2.09. The number of benzene rings is 3. The first kappa shape index (κ1) is 13.6. The highest BCUT2D eigenvalue weighted by Gasteiger charge is 2.47. The quantitative estimate of drug-likeness (QED) is 0.658. The van der Waals surface area contributed by atoms with Crippen LogP contribution in [0.5, 0.6) is 0 Å². The summed E-state index contributed by atoms with van der Waals surface area (Å²) in [6.45, 7) is 0. The molecule has 0 spiro atoms. The third-order valence-electron chi connectivity index (χ3n) is 5.23. The summed E-state index contributed by atoms with van der Waals surface area (Å²) in [5.41, 5.74) is 3.77. The highest BCUT2D eigenvalue weighted by atomic mass is 15.0. The molecule has 0 saturated heterocycles. The van der Waals surface area contributed by atoms with Crippen molar-refractivity contribution < 1.29 is 0 Å². The van der Waals surface area contributed by atoms with Gasteiger partial charge in [-0.3, -0.25) is 0 Å². The van der Waals surface area contributed by atoms with Crippen LogP contribution in [0.1, 0.15) is 0 Å². The van der Waals surface area contributed by atoms with Crippen molar-refractivity contribution in [2.75, 3.05) is 5.32 Å². The molecule has 1 nitrogen and oxygen atoms in total. The molecule has 0 aliphatic heterocycles. The van der Waals surface area contributed by atoms with Crippen molar-refractivity contribution in [2.45, 2.75) is 6.04 Å². The Morgan fingerprint density at radius 3 is 2.17 bits per heavy atom. The summed E-state index contributed by atoms with van der Waals surface area (Å²) in [5.74, 6) is 1.35. The van der Waals surface area contributed by atoms with E-state index in [2.05, 4.69) is 96.4 Å². The summed E-state index contributed by atoms with van der Waals surface area (Å²) in [7, 11) is 0. The number of nitrogens with one attached hydrogen (secondary N) is 1. The van der Waals surface area contributed by atoms with Crippen LogP contribution in [0.4, 0.5) is 5.69 Å². The van der Waals surface area contributed by atoms with Gasteiger partial charge in [-0.15, -0.1) is 0 Å². The molecule has 2 unspecified atom stereocenters. The molecule has 0 bridgehead atoms. The van der Waals surface area contributed by atoms with Crippen LogP contribution in [0.3, 0.4) is 0 Å². The van der Waals surface area contributed by atoms with Gasteiger partial charge < -0.3 is 5.32 Å². The Kier molecular flexibility index (Phi) is 3.05. The Labute approximate surface area is 142 Å². The molecule has 5 rings (SSSR count). The normalized spacial score (nSPS) is 23.9. The number of anilines is 1. The van der Waals surface area contributed by atoms with Crippen molar-refractivity contribution >= 4 is 16.5 Å². The van der Waals surface area contributed by atoms with E-state index in [1.54, 1.807) is 0 Å². The van der Waals surface area contributed by atoms with E-state index in [0.717, 1.165) is 0 Å². The van der Waals surface area contributed by atoms with Gasteiger partial charge in [0.1, 0.15) is 0 Å². The third kappa shape index (κ3) is 2.25. The maximum Gasteiger partial charge on any atom is 0.0399 e. The Bertz CT molecular complexity index is 926. The number of rotatable bonds is 3. The maximum absolute atomic E-state index is 3.67. The standard InChI is InChI=1S/C23H19N/c1-2-8-19-16(6-1)7-5-11-20(19)17-12-14-18(15-13-17)24-23-21-9-3-4-10-22(21)23/h1-15,21-24H. The van der Waals surface area contributed by atoms with Gasteiger partial charge in [0.2, 0.25) is 0 Å². The Morgan fingerprint density at radius 1 is 0.667 bits per heavy atom. The van der Waals surface area contributed by atoms with Crippen molar-refractivity contribution in [1.29, 1.82) is 0 Å². The van der Waals surface area contributed by atoms with Crippen molar-refractivity contribution in [2.24, 2.45) is 11.8 Å². The molecule has 116 valence electrons. The molecule has 1 N–H and O–H groups in total. The van der Waals surface area contributed by atoms with Crippen LogP contribution in [0.25, 0.3) is 21.9 Å². The van der Waals surface area contributed by atoms with E-state index < -0.39 is 0 Å². The topological polar surface area (TPSA) is 12.0 Å². The summed E-state index contributed by atoms with van der Waals surface area (Å²) in [4.78, 5) is 0. The van der Waals surface area contributed by atoms with Crippen LogP contribution in [0.2, 0.25) is 0 Å². The van der Waals surface area contributed by atoms with Crippen molar-refractivity contribution in [3.8, 4) is 11.1 Å². The fourth-order valence-corrected chi connectivity index (χ4v) is 3.85. The second-order valence-corrected chi connectivity index (χ2v) is 6.70. The second-order valence-electron chi connectivity index (χ2n) is 6.70. The van der Waals surface area contributed by atoms with Gasteiger partial charge in [0, 0.05) is 23.6 Å². The van der Waals surface area contributed by atoms with E-state index in [4.69, 9.17) is 0 Å². The lowest BCUT2D eigenvalue weighted by atomic mass is 9.98. The molecule has 0 radical (unpaired) electrons. The average molecular weight is 309 g/mol.